The van der Waals surface area contributed by atoms with Crippen molar-refractivity contribution < 1.29 is 5.11 Å². The van der Waals surface area contributed by atoms with Gasteiger partial charge in [0, 0.05) is 13.2 Å². The molecule has 0 radical (unpaired) electrons. The minimum absolute atomic E-state index is 0.0706. The van der Waals surface area contributed by atoms with E-state index in [2.05, 4.69) is 10.4 Å². The van der Waals surface area contributed by atoms with E-state index in [1.807, 2.05) is 0 Å². The topological polar surface area (TPSA) is 50.1 Å². The highest BCUT2D eigenvalue weighted by molar-refractivity contribution is 6.32. The molecule has 4 nitrogen and oxygen atoms in total. The molecule has 1 aromatic heterocycles. The molecule has 62 valence electrons. The Bertz CT molecular complexity index is 236. The van der Waals surface area contributed by atoms with Crippen molar-refractivity contribution in [2.45, 2.75) is 6.54 Å². The van der Waals surface area contributed by atoms with Gasteiger partial charge in [0.2, 0.25) is 0 Å². The highest BCUT2D eigenvalue weighted by atomic mass is 35.5. The molecule has 0 fully saturated rings. The van der Waals surface area contributed by atoms with Crippen molar-refractivity contribution in [1.29, 1.82) is 0 Å². The molecule has 2 N–H and O–H groups in total. The van der Waals surface area contributed by atoms with Crippen LogP contribution in [0.4, 0.5) is 5.82 Å². The van der Waals surface area contributed by atoms with Gasteiger partial charge in [0.1, 0.15) is 5.02 Å². The Morgan fingerprint density at radius 1 is 1.82 bits per heavy atom. The molecule has 5 heteroatoms. The molecule has 0 aromatic carbocycles. The van der Waals surface area contributed by atoms with E-state index in [0.29, 0.717) is 17.4 Å². The van der Waals surface area contributed by atoms with E-state index in [1.54, 1.807) is 17.9 Å². The van der Waals surface area contributed by atoms with Crippen LogP contribution in [0, 0.1) is 0 Å². The summed E-state index contributed by atoms with van der Waals surface area (Å²) in [6.07, 6.45) is 1.67. The molecular weight excluding hydrogens is 166 g/mol. The Hall–Kier alpha value is -0.740. The molecule has 0 aliphatic heterocycles. The van der Waals surface area contributed by atoms with Crippen LogP contribution in [0.5, 0.6) is 0 Å². The number of hydrogen-bond donors (Lipinski definition) is 2. The van der Waals surface area contributed by atoms with Gasteiger partial charge in [-0.3, -0.25) is 4.68 Å². The van der Waals surface area contributed by atoms with Crippen molar-refractivity contribution in [1.82, 2.24) is 9.78 Å². The molecule has 0 bridgehead atoms. The van der Waals surface area contributed by atoms with E-state index in [9.17, 15) is 0 Å². The second-order valence-electron chi connectivity index (χ2n) is 2.06. The van der Waals surface area contributed by atoms with Crippen LogP contribution < -0.4 is 5.32 Å². The first-order valence-corrected chi connectivity index (χ1v) is 3.67. The fourth-order valence-electron chi connectivity index (χ4n) is 0.783. The number of halogens is 1. The Kier molecular flexibility index (Phi) is 2.73. The second-order valence-corrected chi connectivity index (χ2v) is 2.47. The molecule has 0 spiro atoms. The largest absolute Gasteiger partial charge is 0.394 e. The summed E-state index contributed by atoms with van der Waals surface area (Å²) in [5.41, 5.74) is 0. The molecule has 0 saturated carbocycles. The van der Waals surface area contributed by atoms with Crippen LogP contribution in [0.1, 0.15) is 0 Å². The lowest BCUT2D eigenvalue weighted by Crippen LogP contribution is -2.02. The van der Waals surface area contributed by atoms with Gasteiger partial charge in [-0.1, -0.05) is 11.6 Å². The van der Waals surface area contributed by atoms with E-state index >= 15 is 0 Å². The Balaban J connectivity index is 2.77. The first kappa shape index (κ1) is 8.36. The van der Waals surface area contributed by atoms with Gasteiger partial charge < -0.3 is 10.4 Å². The third-order valence-corrected chi connectivity index (χ3v) is 1.56. The molecule has 0 aliphatic carbocycles. The average Bonchev–Trinajstić information content (AvgIpc) is 2.32. The summed E-state index contributed by atoms with van der Waals surface area (Å²) in [4.78, 5) is 0. The SMILES string of the molecule is CNc1nn(CCO)cc1Cl. The van der Waals surface area contributed by atoms with Gasteiger partial charge in [-0.05, 0) is 0 Å². The van der Waals surface area contributed by atoms with Crippen molar-refractivity contribution in [3.63, 3.8) is 0 Å². The lowest BCUT2D eigenvalue weighted by Gasteiger charge is -1.94. The van der Waals surface area contributed by atoms with Gasteiger partial charge in [-0.15, -0.1) is 0 Å². The van der Waals surface area contributed by atoms with Crippen LogP contribution in [0.2, 0.25) is 5.02 Å². The molecule has 0 amide bonds. The van der Waals surface area contributed by atoms with Crippen molar-refractivity contribution in [2.75, 3.05) is 19.0 Å². The fraction of sp³-hybridized carbons (Fsp3) is 0.500. The summed E-state index contributed by atoms with van der Waals surface area (Å²) < 4.78 is 1.59. The first-order chi connectivity index (χ1) is 5.27. The standard InChI is InChI=1S/C6H10ClN3O/c1-8-6-5(7)4-10(9-6)2-3-11/h4,11H,2-3H2,1H3,(H,8,9). The summed E-state index contributed by atoms with van der Waals surface area (Å²) >= 11 is 5.75. The number of nitrogens with zero attached hydrogens (tertiary/aromatic N) is 2. The number of rotatable bonds is 3. The predicted octanol–water partition coefficient (Wildman–Crippen LogP) is 0.570. The normalized spacial score (nSPS) is 10.1. The third kappa shape index (κ3) is 1.85. The highest BCUT2D eigenvalue weighted by Gasteiger charge is 2.02. The maximum Gasteiger partial charge on any atom is 0.166 e. The van der Waals surface area contributed by atoms with Crippen molar-refractivity contribution >= 4 is 17.4 Å². The Labute approximate surface area is 69.8 Å². The minimum atomic E-state index is 0.0706. The van der Waals surface area contributed by atoms with Crippen LogP contribution in [0.15, 0.2) is 6.20 Å². The zero-order valence-electron chi connectivity index (χ0n) is 6.21. The van der Waals surface area contributed by atoms with Crippen LogP contribution >= 0.6 is 11.6 Å². The summed E-state index contributed by atoms with van der Waals surface area (Å²) in [5, 5.41) is 16.0. The number of aliphatic hydroxyl groups is 1. The number of nitrogens with one attached hydrogen (secondary N) is 1. The fourth-order valence-corrected chi connectivity index (χ4v) is 1.03. The smallest absolute Gasteiger partial charge is 0.166 e. The summed E-state index contributed by atoms with van der Waals surface area (Å²) in [5.74, 6) is 0.639. The summed E-state index contributed by atoms with van der Waals surface area (Å²) in [7, 11) is 1.75. The van der Waals surface area contributed by atoms with Gasteiger partial charge in [0.15, 0.2) is 5.82 Å². The molecule has 1 heterocycles. The lowest BCUT2D eigenvalue weighted by molar-refractivity contribution is 0.269. The van der Waals surface area contributed by atoms with Crippen molar-refractivity contribution in [3.05, 3.63) is 11.2 Å². The molecule has 0 unspecified atom stereocenters. The lowest BCUT2D eigenvalue weighted by atomic mass is 10.6. The zero-order valence-corrected chi connectivity index (χ0v) is 6.97. The number of anilines is 1. The molecule has 0 aliphatic rings. The number of aromatic nitrogens is 2. The third-order valence-electron chi connectivity index (χ3n) is 1.28. The Morgan fingerprint density at radius 3 is 3.00 bits per heavy atom. The van der Waals surface area contributed by atoms with E-state index in [4.69, 9.17) is 16.7 Å². The van der Waals surface area contributed by atoms with Crippen molar-refractivity contribution in [3.8, 4) is 0 Å². The quantitative estimate of drug-likeness (QED) is 0.707. The van der Waals surface area contributed by atoms with Gasteiger partial charge in [-0.2, -0.15) is 5.10 Å². The maximum absolute atomic E-state index is 8.57. The van der Waals surface area contributed by atoms with E-state index in [1.165, 1.54) is 0 Å². The van der Waals surface area contributed by atoms with E-state index in [0.717, 1.165) is 0 Å². The van der Waals surface area contributed by atoms with Gasteiger partial charge in [0.25, 0.3) is 0 Å². The van der Waals surface area contributed by atoms with Crippen LogP contribution in [0.3, 0.4) is 0 Å². The monoisotopic (exact) mass is 175 g/mol. The molecule has 1 aromatic rings. The molecular formula is C6H10ClN3O. The highest BCUT2D eigenvalue weighted by Crippen LogP contribution is 2.17. The number of hydrogen-bond acceptors (Lipinski definition) is 3. The predicted molar refractivity (Wildman–Crippen MR) is 43.9 cm³/mol. The van der Waals surface area contributed by atoms with Gasteiger partial charge in [0.05, 0.1) is 13.2 Å². The summed E-state index contributed by atoms with van der Waals surface area (Å²) in [6.45, 7) is 0.544. The Morgan fingerprint density at radius 2 is 2.55 bits per heavy atom. The zero-order chi connectivity index (χ0) is 8.27. The van der Waals surface area contributed by atoms with Crippen molar-refractivity contribution in [2.24, 2.45) is 0 Å². The molecule has 0 saturated heterocycles. The molecule has 1 rings (SSSR count). The summed E-state index contributed by atoms with van der Waals surface area (Å²) in [6, 6.07) is 0. The second kappa shape index (κ2) is 3.59. The first-order valence-electron chi connectivity index (χ1n) is 3.29. The van der Waals surface area contributed by atoms with E-state index in [-0.39, 0.29) is 6.61 Å². The van der Waals surface area contributed by atoms with E-state index < -0.39 is 0 Å². The van der Waals surface area contributed by atoms with Gasteiger partial charge >= 0.3 is 0 Å². The average molecular weight is 176 g/mol. The number of aliphatic hydroxyl groups excluding tert-OH is 1. The van der Waals surface area contributed by atoms with Crippen LogP contribution in [0.25, 0.3) is 0 Å². The van der Waals surface area contributed by atoms with Crippen LogP contribution in [-0.4, -0.2) is 28.5 Å². The van der Waals surface area contributed by atoms with Gasteiger partial charge in [-0.25, -0.2) is 0 Å². The molecule has 0 atom stereocenters. The molecule has 11 heavy (non-hydrogen) atoms. The maximum atomic E-state index is 8.57. The van der Waals surface area contributed by atoms with Crippen LogP contribution in [-0.2, 0) is 6.54 Å². The minimum Gasteiger partial charge on any atom is -0.394 e.